The van der Waals surface area contributed by atoms with Gasteiger partial charge in [-0.05, 0) is 42.4 Å². The Balaban J connectivity index is 4.60. The van der Waals surface area contributed by atoms with Gasteiger partial charge in [0.25, 0.3) is 0 Å². The summed E-state index contributed by atoms with van der Waals surface area (Å²) >= 11 is 0. The van der Waals surface area contributed by atoms with Gasteiger partial charge in [0.05, 0.1) is 0 Å². The van der Waals surface area contributed by atoms with E-state index in [1.165, 1.54) is 12.8 Å². The molecular formula is C17H34. The molecule has 0 aromatic heterocycles. The molecule has 0 rings (SSSR count). The number of hydrogen-bond donors (Lipinski definition) is 0. The van der Waals surface area contributed by atoms with Gasteiger partial charge in [-0.2, -0.15) is 0 Å². The van der Waals surface area contributed by atoms with Gasteiger partial charge in [0, 0.05) is 0 Å². The largest absolute Gasteiger partial charge is 0.0825 e. The highest BCUT2D eigenvalue weighted by molar-refractivity contribution is 5.08. The van der Waals surface area contributed by atoms with Crippen molar-refractivity contribution in [1.82, 2.24) is 0 Å². The van der Waals surface area contributed by atoms with Gasteiger partial charge in [-0.3, -0.25) is 0 Å². The van der Waals surface area contributed by atoms with Crippen molar-refractivity contribution in [3.8, 4) is 0 Å². The molecule has 0 aliphatic rings. The first-order chi connectivity index (χ1) is 7.79. The average Bonchev–Trinajstić information content (AvgIpc) is 2.22. The van der Waals surface area contributed by atoms with Crippen molar-refractivity contribution in [2.24, 2.45) is 29.6 Å². The van der Waals surface area contributed by atoms with E-state index >= 15 is 0 Å². The summed E-state index contributed by atoms with van der Waals surface area (Å²) in [5.74, 6) is 3.85. The molecule has 0 aliphatic carbocycles. The van der Waals surface area contributed by atoms with Crippen LogP contribution < -0.4 is 0 Å². The van der Waals surface area contributed by atoms with Crippen LogP contribution in [0.15, 0.2) is 11.6 Å². The maximum absolute atomic E-state index is 2.48. The third kappa shape index (κ3) is 6.29. The fourth-order valence-electron chi connectivity index (χ4n) is 2.81. The van der Waals surface area contributed by atoms with Gasteiger partial charge in [0.15, 0.2) is 0 Å². The summed E-state index contributed by atoms with van der Waals surface area (Å²) in [6, 6.07) is 0. The molecule has 0 saturated heterocycles. The number of rotatable bonds is 7. The zero-order valence-corrected chi connectivity index (χ0v) is 13.4. The van der Waals surface area contributed by atoms with Crippen molar-refractivity contribution < 1.29 is 0 Å². The van der Waals surface area contributed by atoms with E-state index in [0.29, 0.717) is 5.92 Å². The monoisotopic (exact) mass is 238 g/mol. The quantitative estimate of drug-likeness (QED) is 0.482. The second kappa shape index (κ2) is 7.95. The van der Waals surface area contributed by atoms with Gasteiger partial charge >= 0.3 is 0 Å². The maximum atomic E-state index is 2.48. The van der Waals surface area contributed by atoms with Gasteiger partial charge in [-0.25, -0.2) is 0 Å². The molecule has 3 unspecified atom stereocenters. The highest BCUT2D eigenvalue weighted by Gasteiger charge is 2.22. The van der Waals surface area contributed by atoms with Crippen LogP contribution in [0, 0.1) is 29.6 Å². The summed E-state index contributed by atoms with van der Waals surface area (Å²) in [4.78, 5) is 0. The van der Waals surface area contributed by atoms with Crippen LogP contribution in [-0.2, 0) is 0 Å². The van der Waals surface area contributed by atoms with Gasteiger partial charge < -0.3 is 0 Å². The minimum atomic E-state index is 0.681. The van der Waals surface area contributed by atoms with Gasteiger partial charge in [-0.1, -0.05) is 67.0 Å². The first-order valence-corrected chi connectivity index (χ1v) is 7.50. The maximum Gasteiger partial charge on any atom is -0.0203 e. The zero-order valence-electron chi connectivity index (χ0n) is 13.4. The SMILES string of the molecule is CCC(=CC(C)C)C(C)C(C)C(C)CC(C)C. The lowest BCUT2D eigenvalue weighted by molar-refractivity contribution is 0.265. The van der Waals surface area contributed by atoms with Crippen molar-refractivity contribution in [3.05, 3.63) is 11.6 Å². The molecule has 0 radical (unpaired) electrons. The van der Waals surface area contributed by atoms with Crippen LogP contribution in [0.25, 0.3) is 0 Å². The summed E-state index contributed by atoms with van der Waals surface area (Å²) in [6.07, 6.45) is 5.03. The smallest absolute Gasteiger partial charge is 0.0203 e. The predicted octanol–water partition coefficient (Wildman–Crippen LogP) is 5.93. The van der Waals surface area contributed by atoms with Gasteiger partial charge in [-0.15, -0.1) is 0 Å². The van der Waals surface area contributed by atoms with E-state index in [1.807, 2.05) is 0 Å². The second-order valence-electron chi connectivity index (χ2n) is 6.59. The third-order valence-electron chi connectivity index (χ3n) is 4.07. The van der Waals surface area contributed by atoms with Gasteiger partial charge in [0.1, 0.15) is 0 Å². The summed E-state index contributed by atoms with van der Waals surface area (Å²) in [5, 5.41) is 0. The summed E-state index contributed by atoms with van der Waals surface area (Å²) < 4.78 is 0. The Morgan fingerprint density at radius 2 is 1.47 bits per heavy atom. The van der Waals surface area contributed by atoms with E-state index in [-0.39, 0.29) is 0 Å². The van der Waals surface area contributed by atoms with E-state index in [1.54, 1.807) is 5.57 Å². The lowest BCUT2D eigenvalue weighted by Crippen LogP contribution is -2.20. The molecule has 102 valence electrons. The molecule has 17 heavy (non-hydrogen) atoms. The van der Waals surface area contributed by atoms with Crippen molar-refractivity contribution >= 4 is 0 Å². The van der Waals surface area contributed by atoms with Crippen molar-refractivity contribution in [1.29, 1.82) is 0 Å². The van der Waals surface area contributed by atoms with E-state index in [0.717, 1.165) is 23.7 Å². The van der Waals surface area contributed by atoms with Crippen LogP contribution in [0.4, 0.5) is 0 Å². The van der Waals surface area contributed by atoms with Crippen LogP contribution in [0.1, 0.15) is 68.2 Å². The van der Waals surface area contributed by atoms with Crippen LogP contribution in [0.5, 0.6) is 0 Å². The summed E-state index contributed by atoms with van der Waals surface area (Å²) in [5.41, 5.74) is 1.66. The molecular weight excluding hydrogens is 204 g/mol. The first-order valence-electron chi connectivity index (χ1n) is 7.50. The summed E-state index contributed by atoms with van der Waals surface area (Å²) in [6.45, 7) is 18.8. The van der Waals surface area contributed by atoms with E-state index < -0.39 is 0 Å². The molecule has 0 fully saturated rings. The number of allylic oxidation sites excluding steroid dienone is 2. The molecule has 0 N–H and O–H groups in total. The fourth-order valence-corrected chi connectivity index (χ4v) is 2.81. The molecule has 0 aromatic carbocycles. The van der Waals surface area contributed by atoms with E-state index in [2.05, 4.69) is 61.5 Å². The van der Waals surface area contributed by atoms with Crippen LogP contribution in [0.3, 0.4) is 0 Å². The Hall–Kier alpha value is -0.260. The highest BCUT2D eigenvalue weighted by Crippen LogP contribution is 2.32. The van der Waals surface area contributed by atoms with Gasteiger partial charge in [0.2, 0.25) is 0 Å². The minimum absolute atomic E-state index is 0.681. The molecule has 0 amide bonds. The minimum Gasteiger partial charge on any atom is -0.0825 e. The standard InChI is InChI=1S/C17H34/c1-9-17(11-13(4)5)16(8)15(7)14(6)10-12(2)3/h11-16H,9-10H2,1-8H3. The molecule has 0 nitrogen and oxygen atoms in total. The second-order valence-corrected chi connectivity index (χ2v) is 6.59. The number of hydrogen-bond acceptors (Lipinski definition) is 0. The Morgan fingerprint density at radius 3 is 1.82 bits per heavy atom. The molecule has 0 spiro atoms. The Labute approximate surface area is 110 Å². The molecule has 0 aromatic rings. The average molecular weight is 238 g/mol. The van der Waals surface area contributed by atoms with Crippen molar-refractivity contribution in [3.63, 3.8) is 0 Å². The third-order valence-corrected chi connectivity index (χ3v) is 4.07. The molecule has 3 atom stereocenters. The summed E-state index contributed by atoms with van der Waals surface area (Å²) in [7, 11) is 0. The van der Waals surface area contributed by atoms with E-state index in [4.69, 9.17) is 0 Å². The molecule has 0 bridgehead atoms. The van der Waals surface area contributed by atoms with Crippen LogP contribution in [-0.4, -0.2) is 0 Å². The molecule has 0 heteroatoms. The zero-order chi connectivity index (χ0) is 13.6. The lowest BCUT2D eigenvalue weighted by atomic mass is 9.76. The van der Waals surface area contributed by atoms with E-state index in [9.17, 15) is 0 Å². The van der Waals surface area contributed by atoms with Crippen molar-refractivity contribution in [2.75, 3.05) is 0 Å². The molecule has 0 aliphatic heterocycles. The molecule has 0 heterocycles. The van der Waals surface area contributed by atoms with Crippen LogP contribution >= 0.6 is 0 Å². The molecule has 0 saturated carbocycles. The van der Waals surface area contributed by atoms with Crippen molar-refractivity contribution in [2.45, 2.75) is 68.2 Å². The Bertz CT molecular complexity index is 222. The lowest BCUT2D eigenvalue weighted by Gasteiger charge is -2.29. The Kier molecular flexibility index (Phi) is 7.83. The highest BCUT2D eigenvalue weighted by atomic mass is 14.3. The topological polar surface area (TPSA) is 0 Å². The Morgan fingerprint density at radius 1 is 0.941 bits per heavy atom. The first kappa shape index (κ1) is 16.7. The van der Waals surface area contributed by atoms with Crippen LogP contribution in [0.2, 0.25) is 0 Å². The predicted molar refractivity (Wildman–Crippen MR) is 80.2 cm³/mol. The normalized spacial score (nSPS) is 18.6. The fraction of sp³-hybridized carbons (Fsp3) is 0.882.